The maximum absolute atomic E-state index is 13.9. The zero-order chi connectivity index (χ0) is 45.4. The molecule has 360 valence electrons. The SMILES string of the molecule is C=C(N)NCCCC[C@H](CC(=O)C1(O)C[C@@H](O)C(O)[C@H](O)C1)C(=O)NCC[N+](C)(C(C)CCCCCCCCCCCCCC)C(C)CCCCCCCCCCCCCC. The average Bonchev–Trinajstić information content (AvgIpc) is 3.22. The van der Waals surface area contributed by atoms with Gasteiger partial charge in [-0.15, -0.1) is 0 Å². The molecular weight excluding hydrogens is 765 g/mol. The highest BCUT2D eigenvalue weighted by Crippen LogP contribution is 2.33. The van der Waals surface area contributed by atoms with Crippen LogP contribution in [0.5, 0.6) is 0 Å². The second-order valence-corrected chi connectivity index (χ2v) is 19.8. The molecule has 10 nitrogen and oxygen atoms in total. The summed E-state index contributed by atoms with van der Waals surface area (Å²) in [6.45, 7) is 14.9. The van der Waals surface area contributed by atoms with Gasteiger partial charge in [0.15, 0.2) is 5.78 Å². The van der Waals surface area contributed by atoms with Crippen molar-refractivity contribution in [3.63, 3.8) is 0 Å². The summed E-state index contributed by atoms with van der Waals surface area (Å²) in [5.74, 6) is -1.09. The Bertz CT molecular complexity index is 1080. The molecule has 0 heterocycles. The Morgan fingerprint density at radius 3 is 1.39 bits per heavy atom. The normalized spacial score (nSPS) is 21.7. The number of ketones is 1. The molecule has 1 amide bonds. The minimum Gasteiger partial charge on any atom is -0.390 e. The number of nitrogens with one attached hydrogen (secondary N) is 2. The summed E-state index contributed by atoms with van der Waals surface area (Å²) in [4.78, 5) is 27.5. The van der Waals surface area contributed by atoms with Crippen LogP contribution in [-0.2, 0) is 9.59 Å². The molecule has 1 aliphatic carbocycles. The summed E-state index contributed by atoms with van der Waals surface area (Å²) in [7, 11) is 2.38. The van der Waals surface area contributed by atoms with Crippen molar-refractivity contribution in [1.82, 2.24) is 10.6 Å². The molecule has 0 aromatic carbocycles. The van der Waals surface area contributed by atoms with E-state index in [1.54, 1.807) is 0 Å². The van der Waals surface area contributed by atoms with Gasteiger partial charge in [-0.05, 0) is 52.4 Å². The fourth-order valence-corrected chi connectivity index (χ4v) is 9.60. The number of carbonyl (C=O) groups is 2. The second-order valence-electron chi connectivity index (χ2n) is 19.8. The smallest absolute Gasteiger partial charge is 0.223 e. The Hall–Kier alpha value is -1.72. The van der Waals surface area contributed by atoms with Crippen molar-refractivity contribution in [2.24, 2.45) is 11.7 Å². The van der Waals surface area contributed by atoms with Crippen LogP contribution in [0.4, 0.5) is 0 Å². The summed E-state index contributed by atoms with van der Waals surface area (Å²) in [6, 6.07) is 0.895. The summed E-state index contributed by atoms with van der Waals surface area (Å²) >= 11 is 0. The molecule has 1 aliphatic rings. The lowest BCUT2D eigenvalue weighted by Gasteiger charge is -2.45. The largest absolute Gasteiger partial charge is 0.390 e. The monoisotopic (exact) mass is 866 g/mol. The molecule has 0 radical (unpaired) electrons. The minimum atomic E-state index is -2.00. The number of hydrogen-bond acceptors (Lipinski definition) is 8. The standard InChI is InChI=1S/C51H100N4O6/c1-7-9-11-13-15-17-19-21-23-25-27-29-33-42(3)55(6,43(4)34-30-28-26-24-22-20-18-16-14-12-10-8-2)38-37-54-50(60)45(35-31-32-36-53-44(5)52)39-48(58)51(61)40-46(56)49(59)47(57)41-51/h42-43,45-47,49,53,56-57,59,61H,5,7-41,52H2,1-4,6H3/p+1/t42?,43?,45-,46-,47-,49?,51?,55?/m1/s1. The van der Waals surface area contributed by atoms with Crippen molar-refractivity contribution in [2.45, 2.75) is 269 Å². The number of hydrogen-bond donors (Lipinski definition) is 7. The van der Waals surface area contributed by atoms with Crippen LogP contribution in [0.3, 0.4) is 0 Å². The first kappa shape index (κ1) is 57.3. The maximum Gasteiger partial charge on any atom is 0.223 e. The zero-order valence-corrected chi connectivity index (χ0v) is 40.5. The number of amides is 1. The number of rotatable bonds is 41. The molecule has 8 N–H and O–H groups in total. The maximum atomic E-state index is 13.9. The Balaban J connectivity index is 2.84. The third kappa shape index (κ3) is 25.4. The van der Waals surface area contributed by atoms with Gasteiger partial charge in [0.25, 0.3) is 0 Å². The molecule has 61 heavy (non-hydrogen) atoms. The summed E-state index contributed by atoms with van der Waals surface area (Å²) in [5, 5.41) is 48.0. The average molecular weight is 866 g/mol. The molecule has 5 atom stereocenters. The van der Waals surface area contributed by atoms with Crippen LogP contribution in [0.25, 0.3) is 0 Å². The van der Waals surface area contributed by atoms with Gasteiger partial charge in [-0.2, -0.15) is 0 Å². The predicted octanol–water partition coefficient (Wildman–Crippen LogP) is 9.88. The molecular formula is C51H101N4O6+. The van der Waals surface area contributed by atoms with E-state index < -0.39 is 35.6 Å². The van der Waals surface area contributed by atoms with E-state index in [2.05, 4.69) is 52.0 Å². The molecule has 0 bridgehead atoms. The molecule has 0 spiro atoms. The number of Topliss-reactive ketones (excluding diaryl/α,β-unsaturated/α-hetero) is 1. The van der Waals surface area contributed by atoms with Crippen LogP contribution in [0.1, 0.15) is 233 Å². The van der Waals surface area contributed by atoms with Gasteiger partial charge in [0.2, 0.25) is 5.91 Å². The third-order valence-electron chi connectivity index (χ3n) is 14.4. The van der Waals surface area contributed by atoms with Crippen molar-refractivity contribution < 1.29 is 34.5 Å². The zero-order valence-electron chi connectivity index (χ0n) is 40.5. The fourth-order valence-electron chi connectivity index (χ4n) is 9.60. The number of quaternary nitrogens is 1. The van der Waals surface area contributed by atoms with Crippen molar-refractivity contribution in [2.75, 3.05) is 26.7 Å². The number of nitrogens with two attached hydrogens (primary N) is 1. The van der Waals surface area contributed by atoms with Crippen molar-refractivity contribution in [1.29, 1.82) is 0 Å². The molecule has 1 rings (SSSR count). The van der Waals surface area contributed by atoms with Crippen molar-refractivity contribution in [3.05, 3.63) is 12.4 Å². The molecule has 1 saturated carbocycles. The minimum absolute atomic E-state index is 0.203. The van der Waals surface area contributed by atoms with Gasteiger partial charge >= 0.3 is 0 Å². The first-order valence-electron chi connectivity index (χ1n) is 25.8. The summed E-state index contributed by atoms with van der Waals surface area (Å²) in [5.41, 5.74) is 3.66. The van der Waals surface area contributed by atoms with Gasteiger partial charge in [-0.3, -0.25) is 9.59 Å². The topological polar surface area (TPSA) is 165 Å². The number of aliphatic hydroxyl groups excluding tert-OH is 3. The highest BCUT2D eigenvalue weighted by Gasteiger charge is 2.48. The lowest BCUT2D eigenvalue weighted by molar-refractivity contribution is -0.952. The molecule has 0 aliphatic heterocycles. The van der Waals surface area contributed by atoms with Crippen LogP contribution in [0, 0.1) is 5.92 Å². The third-order valence-corrected chi connectivity index (χ3v) is 14.4. The fraction of sp³-hybridized carbons (Fsp3) is 0.922. The number of aliphatic hydroxyl groups is 4. The Morgan fingerprint density at radius 1 is 0.623 bits per heavy atom. The molecule has 10 heteroatoms. The van der Waals surface area contributed by atoms with Crippen molar-refractivity contribution >= 4 is 11.7 Å². The van der Waals surface area contributed by atoms with E-state index in [4.69, 9.17) is 5.73 Å². The van der Waals surface area contributed by atoms with E-state index in [0.717, 1.165) is 30.3 Å². The Kier molecular flexibility index (Phi) is 32.6. The van der Waals surface area contributed by atoms with E-state index in [1.807, 2.05) is 0 Å². The lowest BCUT2D eigenvalue weighted by Crippen LogP contribution is -2.59. The summed E-state index contributed by atoms with van der Waals surface area (Å²) in [6.07, 6.45) is 31.1. The number of unbranched alkanes of at least 4 members (excludes halogenated alkanes) is 23. The lowest BCUT2D eigenvalue weighted by atomic mass is 9.75. The van der Waals surface area contributed by atoms with E-state index >= 15 is 0 Å². The second kappa shape index (κ2) is 34.7. The Morgan fingerprint density at radius 2 is 1.00 bits per heavy atom. The van der Waals surface area contributed by atoms with Crippen LogP contribution in [-0.4, -0.2) is 99.3 Å². The highest BCUT2D eigenvalue weighted by atomic mass is 16.4. The number of carbonyl (C=O) groups excluding carboxylic acids is 2. The first-order valence-corrected chi connectivity index (χ1v) is 25.8. The number of likely N-dealkylation sites (N-methyl/N-ethyl adjacent to an activating group) is 1. The van der Waals surface area contributed by atoms with Gasteiger partial charge in [0.1, 0.15) is 11.7 Å². The predicted molar refractivity (Wildman–Crippen MR) is 255 cm³/mol. The van der Waals surface area contributed by atoms with Gasteiger partial charge in [0, 0.05) is 31.7 Å². The summed E-state index contributed by atoms with van der Waals surface area (Å²) < 4.78 is 0.895. The molecule has 0 saturated heterocycles. The van der Waals surface area contributed by atoms with Gasteiger partial charge in [-0.25, -0.2) is 0 Å². The van der Waals surface area contributed by atoms with Crippen LogP contribution in [0.2, 0.25) is 0 Å². The molecule has 0 aromatic rings. The Labute approximate surface area is 375 Å². The molecule has 0 aromatic heterocycles. The van der Waals surface area contributed by atoms with Crippen LogP contribution >= 0.6 is 0 Å². The van der Waals surface area contributed by atoms with E-state index in [1.165, 1.54) is 154 Å². The van der Waals surface area contributed by atoms with E-state index in [9.17, 15) is 30.0 Å². The van der Waals surface area contributed by atoms with Gasteiger partial charge in [-0.1, -0.05) is 168 Å². The van der Waals surface area contributed by atoms with Gasteiger partial charge in [0.05, 0.1) is 50.2 Å². The number of nitrogens with zero attached hydrogens (tertiary/aromatic N) is 1. The van der Waals surface area contributed by atoms with Crippen LogP contribution in [0.15, 0.2) is 12.4 Å². The van der Waals surface area contributed by atoms with Crippen molar-refractivity contribution in [3.8, 4) is 0 Å². The molecule has 2 unspecified atom stereocenters. The first-order chi connectivity index (χ1) is 29.2. The quantitative estimate of drug-likeness (QED) is 0.0236. The van der Waals surface area contributed by atoms with E-state index in [0.29, 0.717) is 43.8 Å². The highest BCUT2D eigenvalue weighted by molar-refractivity contribution is 5.92. The van der Waals surface area contributed by atoms with Crippen LogP contribution < -0.4 is 16.4 Å². The molecule has 1 fully saturated rings. The van der Waals surface area contributed by atoms with Gasteiger partial charge < -0.3 is 41.3 Å². The van der Waals surface area contributed by atoms with E-state index in [-0.39, 0.29) is 25.2 Å².